The van der Waals surface area contributed by atoms with Gasteiger partial charge in [-0.3, -0.25) is 4.79 Å². The van der Waals surface area contributed by atoms with Crippen LogP contribution in [-0.4, -0.2) is 25.6 Å². The van der Waals surface area contributed by atoms with E-state index in [0.29, 0.717) is 0 Å². The Balaban J connectivity index is 0.00000225. The molecule has 2 saturated carbocycles. The van der Waals surface area contributed by atoms with Crippen molar-refractivity contribution >= 4 is 18.3 Å². The summed E-state index contributed by atoms with van der Waals surface area (Å²) >= 11 is 0. The zero-order valence-corrected chi connectivity index (χ0v) is 15.9. The second-order valence-corrected chi connectivity index (χ2v) is 7.56. The minimum Gasteiger partial charge on any atom is -0.497 e. The molecule has 5 heteroatoms. The van der Waals surface area contributed by atoms with Gasteiger partial charge in [0.25, 0.3) is 0 Å². The standard InChI is InChI=1S/C20H30N2O2.ClH/c1-24-18-9-6-16(7-10-18)20(11-3-2-4-12-20)14-22-19(23)15-5-8-17(21)13-15;/h6-7,9-10,15,17H,2-5,8,11-14,21H2,1H3,(H,22,23);1H. The van der Waals surface area contributed by atoms with Crippen molar-refractivity contribution in [3.05, 3.63) is 29.8 Å². The van der Waals surface area contributed by atoms with Gasteiger partial charge in [0.2, 0.25) is 5.91 Å². The summed E-state index contributed by atoms with van der Waals surface area (Å²) in [5.41, 5.74) is 7.35. The molecule has 3 N–H and O–H groups in total. The summed E-state index contributed by atoms with van der Waals surface area (Å²) in [5.74, 6) is 1.19. The van der Waals surface area contributed by atoms with E-state index in [-0.39, 0.29) is 35.7 Å². The first kappa shape index (κ1) is 20.1. The third-order valence-electron chi connectivity index (χ3n) is 5.96. The molecule has 3 rings (SSSR count). The monoisotopic (exact) mass is 366 g/mol. The van der Waals surface area contributed by atoms with E-state index in [4.69, 9.17) is 10.5 Å². The van der Waals surface area contributed by atoms with Crippen molar-refractivity contribution in [1.29, 1.82) is 0 Å². The van der Waals surface area contributed by atoms with Crippen LogP contribution in [-0.2, 0) is 10.2 Å². The number of ether oxygens (including phenoxy) is 1. The van der Waals surface area contributed by atoms with Crippen molar-refractivity contribution in [3.63, 3.8) is 0 Å². The molecular formula is C20H31ClN2O2. The molecule has 1 aromatic rings. The van der Waals surface area contributed by atoms with E-state index in [1.165, 1.54) is 24.8 Å². The van der Waals surface area contributed by atoms with Crippen molar-refractivity contribution in [2.45, 2.75) is 62.8 Å². The lowest BCUT2D eigenvalue weighted by atomic mass is 9.69. The van der Waals surface area contributed by atoms with Crippen LogP contribution < -0.4 is 15.8 Å². The molecule has 0 saturated heterocycles. The minimum absolute atomic E-state index is 0. The molecule has 2 atom stereocenters. The van der Waals surface area contributed by atoms with Gasteiger partial charge in [0.15, 0.2) is 0 Å². The van der Waals surface area contributed by atoms with Crippen LogP contribution in [0.2, 0.25) is 0 Å². The van der Waals surface area contributed by atoms with Gasteiger partial charge < -0.3 is 15.8 Å². The SMILES string of the molecule is COc1ccc(C2(CNC(=O)C3CCC(N)C3)CCCCC2)cc1.Cl. The average Bonchev–Trinajstić information content (AvgIpc) is 3.07. The van der Waals surface area contributed by atoms with E-state index >= 15 is 0 Å². The summed E-state index contributed by atoms with van der Waals surface area (Å²) < 4.78 is 5.28. The maximum atomic E-state index is 12.5. The second-order valence-electron chi connectivity index (χ2n) is 7.56. The first-order chi connectivity index (χ1) is 11.6. The molecule has 2 unspecified atom stereocenters. The molecule has 0 aromatic heterocycles. The number of hydrogen-bond acceptors (Lipinski definition) is 3. The number of halogens is 1. The van der Waals surface area contributed by atoms with E-state index in [9.17, 15) is 4.79 Å². The van der Waals surface area contributed by atoms with Gasteiger partial charge in [-0.1, -0.05) is 31.4 Å². The number of carbonyl (C=O) groups is 1. The highest BCUT2D eigenvalue weighted by molar-refractivity contribution is 5.85. The molecule has 1 aromatic carbocycles. The predicted molar refractivity (Wildman–Crippen MR) is 103 cm³/mol. The largest absolute Gasteiger partial charge is 0.497 e. The van der Waals surface area contributed by atoms with Crippen LogP contribution in [0.1, 0.15) is 56.9 Å². The van der Waals surface area contributed by atoms with Crippen molar-refractivity contribution < 1.29 is 9.53 Å². The zero-order chi connectivity index (χ0) is 17.0. The van der Waals surface area contributed by atoms with Gasteiger partial charge in [-0.15, -0.1) is 12.4 Å². The lowest BCUT2D eigenvalue weighted by Crippen LogP contribution is -2.44. The van der Waals surface area contributed by atoms with E-state index in [0.717, 1.165) is 44.4 Å². The van der Waals surface area contributed by atoms with E-state index < -0.39 is 0 Å². The predicted octanol–water partition coefficient (Wildman–Crippen LogP) is 3.56. The summed E-state index contributed by atoms with van der Waals surface area (Å²) in [4.78, 5) is 12.5. The average molecular weight is 367 g/mol. The summed E-state index contributed by atoms with van der Waals surface area (Å²) in [7, 11) is 1.69. The van der Waals surface area contributed by atoms with Crippen molar-refractivity contribution in [1.82, 2.24) is 5.32 Å². The van der Waals surface area contributed by atoms with Gasteiger partial charge in [0.1, 0.15) is 5.75 Å². The van der Waals surface area contributed by atoms with Gasteiger partial charge in [-0.2, -0.15) is 0 Å². The first-order valence-electron chi connectivity index (χ1n) is 9.31. The number of rotatable bonds is 5. The van der Waals surface area contributed by atoms with Crippen molar-refractivity contribution in [3.8, 4) is 5.75 Å². The van der Waals surface area contributed by atoms with Crippen LogP contribution in [0.5, 0.6) is 5.75 Å². The summed E-state index contributed by atoms with van der Waals surface area (Å²) in [5, 5.41) is 3.26. The van der Waals surface area contributed by atoms with E-state index in [1.807, 2.05) is 12.1 Å². The Labute approximate surface area is 157 Å². The third kappa shape index (κ3) is 4.68. The second kappa shape index (κ2) is 8.91. The molecule has 25 heavy (non-hydrogen) atoms. The molecule has 2 aliphatic carbocycles. The molecule has 1 amide bonds. The Morgan fingerprint density at radius 2 is 1.88 bits per heavy atom. The van der Waals surface area contributed by atoms with Gasteiger partial charge in [-0.25, -0.2) is 0 Å². The summed E-state index contributed by atoms with van der Waals surface area (Å²) in [6.07, 6.45) is 8.79. The molecule has 0 spiro atoms. The first-order valence-corrected chi connectivity index (χ1v) is 9.31. The van der Waals surface area contributed by atoms with E-state index in [1.54, 1.807) is 7.11 Å². The molecule has 4 nitrogen and oxygen atoms in total. The van der Waals surface area contributed by atoms with Crippen LogP contribution in [0.4, 0.5) is 0 Å². The fourth-order valence-corrected chi connectivity index (χ4v) is 4.40. The van der Waals surface area contributed by atoms with Crippen molar-refractivity contribution in [2.75, 3.05) is 13.7 Å². The van der Waals surface area contributed by atoms with Gasteiger partial charge in [0, 0.05) is 23.9 Å². The van der Waals surface area contributed by atoms with Crippen molar-refractivity contribution in [2.24, 2.45) is 11.7 Å². The Kier molecular flexibility index (Phi) is 7.14. The number of benzene rings is 1. The lowest BCUT2D eigenvalue weighted by Gasteiger charge is -2.38. The third-order valence-corrected chi connectivity index (χ3v) is 5.96. The smallest absolute Gasteiger partial charge is 0.223 e. The number of carbonyl (C=O) groups excluding carboxylic acids is 1. The number of amides is 1. The highest BCUT2D eigenvalue weighted by Gasteiger charge is 2.35. The summed E-state index contributed by atoms with van der Waals surface area (Å²) in [6, 6.07) is 8.60. The van der Waals surface area contributed by atoms with Gasteiger partial charge in [-0.05, 0) is 49.8 Å². The maximum absolute atomic E-state index is 12.5. The van der Waals surface area contributed by atoms with Crippen LogP contribution in [0.3, 0.4) is 0 Å². The number of methoxy groups -OCH3 is 1. The Morgan fingerprint density at radius 1 is 1.20 bits per heavy atom. The zero-order valence-electron chi connectivity index (χ0n) is 15.1. The fraction of sp³-hybridized carbons (Fsp3) is 0.650. The highest BCUT2D eigenvalue weighted by Crippen LogP contribution is 2.39. The molecule has 2 aliphatic rings. The van der Waals surface area contributed by atoms with Gasteiger partial charge >= 0.3 is 0 Å². The van der Waals surface area contributed by atoms with Crippen LogP contribution in [0, 0.1) is 5.92 Å². The molecular weight excluding hydrogens is 336 g/mol. The number of nitrogens with one attached hydrogen (secondary N) is 1. The normalized spacial score (nSPS) is 25.0. The molecule has 0 heterocycles. The Bertz CT molecular complexity index is 555. The quantitative estimate of drug-likeness (QED) is 0.837. The topological polar surface area (TPSA) is 64.3 Å². The molecule has 0 bridgehead atoms. The lowest BCUT2D eigenvalue weighted by molar-refractivity contribution is -0.125. The van der Waals surface area contributed by atoms with Crippen LogP contribution >= 0.6 is 12.4 Å². The number of hydrogen-bond donors (Lipinski definition) is 2. The Morgan fingerprint density at radius 3 is 2.44 bits per heavy atom. The molecule has 0 aliphatic heterocycles. The van der Waals surface area contributed by atoms with Crippen LogP contribution in [0.15, 0.2) is 24.3 Å². The molecule has 0 radical (unpaired) electrons. The molecule has 140 valence electrons. The molecule has 2 fully saturated rings. The van der Waals surface area contributed by atoms with Crippen LogP contribution in [0.25, 0.3) is 0 Å². The Hall–Kier alpha value is -1.26. The highest BCUT2D eigenvalue weighted by atomic mass is 35.5. The maximum Gasteiger partial charge on any atom is 0.223 e. The number of nitrogens with two attached hydrogens (primary N) is 1. The van der Waals surface area contributed by atoms with Gasteiger partial charge in [0.05, 0.1) is 7.11 Å². The fourth-order valence-electron chi connectivity index (χ4n) is 4.40. The minimum atomic E-state index is 0. The van der Waals surface area contributed by atoms with E-state index in [2.05, 4.69) is 17.4 Å². The summed E-state index contributed by atoms with van der Waals surface area (Å²) in [6.45, 7) is 0.740.